The number of nitrogen functional groups attached to an aromatic ring is 1. The van der Waals surface area contributed by atoms with Crippen LogP contribution in [0.1, 0.15) is 0 Å². The number of nitrogens with two attached hydrogens (primary N) is 1. The second-order valence-corrected chi connectivity index (χ2v) is 5.13. The molecule has 2 aromatic rings. The van der Waals surface area contributed by atoms with E-state index in [1.807, 2.05) is 24.3 Å². The van der Waals surface area contributed by atoms with Crippen molar-refractivity contribution in [1.82, 2.24) is 9.97 Å². The molecule has 1 saturated heterocycles. The van der Waals surface area contributed by atoms with Crippen molar-refractivity contribution in [3.63, 3.8) is 0 Å². The molecule has 0 amide bonds. The molecule has 5 nitrogen and oxygen atoms in total. The standard InChI is InChI=1S/C14H16ClN5/c15-11-3-1-2-4-12(11)19-5-7-20(8-6-19)14-9-13(16)17-10-18-14/h1-4,9-10H,5-8H2,(H2,16,17,18). The molecule has 3 rings (SSSR count). The summed E-state index contributed by atoms with van der Waals surface area (Å²) in [6, 6.07) is 9.75. The normalized spacial score (nSPS) is 15.4. The van der Waals surface area contributed by atoms with E-state index >= 15 is 0 Å². The highest BCUT2D eigenvalue weighted by atomic mass is 35.5. The van der Waals surface area contributed by atoms with Crippen molar-refractivity contribution in [3.8, 4) is 0 Å². The zero-order chi connectivity index (χ0) is 13.9. The molecule has 0 bridgehead atoms. The van der Waals surface area contributed by atoms with Crippen LogP contribution >= 0.6 is 11.6 Å². The zero-order valence-electron chi connectivity index (χ0n) is 11.0. The van der Waals surface area contributed by atoms with E-state index in [0.717, 1.165) is 42.7 Å². The van der Waals surface area contributed by atoms with Crippen molar-refractivity contribution in [2.45, 2.75) is 0 Å². The van der Waals surface area contributed by atoms with Crippen molar-refractivity contribution in [1.29, 1.82) is 0 Å². The van der Waals surface area contributed by atoms with Crippen molar-refractivity contribution >= 4 is 28.9 Å². The van der Waals surface area contributed by atoms with Gasteiger partial charge in [-0.3, -0.25) is 0 Å². The number of benzene rings is 1. The van der Waals surface area contributed by atoms with Gasteiger partial charge in [-0.1, -0.05) is 23.7 Å². The molecule has 0 saturated carbocycles. The highest BCUT2D eigenvalue weighted by Gasteiger charge is 2.19. The van der Waals surface area contributed by atoms with E-state index in [1.165, 1.54) is 6.33 Å². The van der Waals surface area contributed by atoms with Gasteiger partial charge in [-0.05, 0) is 12.1 Å². The Morgan fingerprint density at radius 2 is 1.70 bits per heavy atom. The minimum Gasteiger partial charge on any atom is -0.384 e. The van der Waals surface area contributed by atoms with E-state index in [9.17, 15) is 0 Å². The maximum atomic E-state index is 6.24. The summed E-state index contributed by atoms with van der Waals surface area (Å²) in [6.07, 6.45) is 1.51. The molecule has 20 heavy (non-hydrogen) atoms. The summed E-state index contributed by atoms with van der Waals surface area (Å²) in [5.74, 6) is 1.39. The lowest BCUT2D eigenvalue weighted by atomic mass is 10.2. The Balaban J connectivity index is 1.70. The van der Waals surface area contributed by atoms with Gasteiger partial charge in [0.2, 0.25) is 0 Å². The predicted octanol–water partition coefficient (Wildman–Crippen LogP) is 2.04. The van der Waals surface area contributed by atoms with E-state index in [0.29, 0.717) is 5.82 Å². The molecule has 1 aromatic carbocycles. The maximum absolute atomic E-state index is 6.24. The van der Waals surface area contributed by atoms with Gasteiger partial charge in [0, 0.05) is 32.2 Å². The lowest BCUT2D eigenvalue weighted by Gasteiger charge is -2.37. The summed E-state index contributed by atoms with van der Waals surface area (Å²) >= 11 is 6.24. The third-order valence-electron chi connectivity index (χ3n) is 3.47. The summed E-state index contributed by atoms with van der Waals surface area (Å²) in [6.45, 7) is 3.60. The van der Waals surface area contributed by atoms with Crippen molar-refractivity contribution in [2.24, 2.45) is 0 Å². The number of hydrogen-bond acceptors (Lipinski definition) is 5. The van der Waals surface area contributed by atoms with Crippen LogP contribution in [0, 0.1) is 0 Å². The summed E-state index contributed by atoms with van der Waals surface area (Å²) in [4.78, 5) is 12.7. The topological polar surface area (TPSA) is 58.3 Å². The lowest BCUT2D eigenvalue weighted by molar-refractivity contribution is 0.647. The van der Waals surface area contributed by atoms with Gasteiger partial charge in [0.15, 0.2) is 0 Å². The van der Waals surface area contributed by atoms with Crippen LogP contribution in [-0.2, 0) is 0 Å². The molecule has 0 atom stereocenters. The van der Waals surface area contributed by atoms with Crippen molar-refractivity contribution in [3.05, 3.63) is 41.7 Å². The molecular weight excluding hydrogens is 274 g/mol. The first-order chi connectivity index (χ1) is 9.74. The fourth-order valence-electron chi connectivity index (χ4n) is 2.42. The third kappa shape index (κ3) is 2.63. The van der Waals surface area contributed by atoms with Gasteiger partial charge in [-0.2, -0.15) is 0 Å². The van der Waals surface area contributed by atoms with Gasteiger partial charge in [-0.25, -0.2) is 9.97 Å². The summed E-state index contributed by atoms with van der Waals surface area (Å²) in [7, 11) is 0. The molecule has 1 aromatic heterocycles. The molecule has 2 heterocycles. The summed E-state index contributed by atoms with van der Waals surface area (Å²) < 4.78 is 0. The van der Waals surface area contributed by atoms with Gasteiger partial charge < -0.3 is 15.5 Å². The summed E-state index contributed by atoms with van der Waals surface area (Å²) in [5, 5.41) is 0.798. The minimum absolute atomic E-state index is 0.503. The molecule has 0 radical (unpaired) electrons. The Morgan fingerprint density at radius 1 is 1.00 bits per heavy atom. The fraction of sp³-hybridized carbons (Fsp3) is 0.286. The van der Waals surface area contributed by atoms with Crippen LogP contribution in [0.15, 0.2) is 36.7 Å². The van der Waals surface area contributed by atoms with Crippen molar-refractivity contribution < 1.29 is 0 Å². The number of hydrogen-bond donors (Lipinski definition) is 1. The molecule has 1 aliphatic rings. The smallest absolute Gasteiger partial charge is 0.134 e. The Morgan fingerprint density at radius 3 is 2.40 bits per heavy atom. The van der Waals surface area contributed by atoms with Crippen LogP contribution < -0.4 is 15.5 Å². The minimum atomic E-state index is 0.503. The Hall–Kier alpha value is -2.01. The van der Waals surface area contributed by atoms with E-state index < -0.39 is 0 Å². The van der Waals surface area contributed by atoms with Crippen LogP contribution in [0.3, 0.4) is 0 Å². The van der Waals surface area contributed by atoms with Gasteiger partial charge in [0.1, 0.15) is 18.0 Å². The number of nitrogens with zero attached hydrogens (tertiary/aromatic N) is 4. The van der Waals surface area contributed by atoms with Gasteiger partial charge in [0.05, 0.1) is 10.7 Å². The number of para-hydroxylation sites is 1. The first-order valence-electron chi connectivity index (χ1n) is 6.56. The number of anilines is 3. The van der Waals surface area contributed by atoms with Crippen LogP contribution in [0.4, 0.5) is 17.3 Å². The lowest BCUT2D eigenvalue weighted by Crippen LogP contribution is -2.47. The van der Waals surface area contributed by atoms with Gasteiger partial charge in [-0.15, -0.1) is 0 Å². The van der Waals surface area contributed by atoms with E-state index in [4.69, 9.17) is 17.3 Å². The quantitative estimate of drug-likeness (QED) is 0.917. The molecule has 2 N–H and O–H groups in total. The van der Waals surface area contributed by atoms with Crippen LogP contribution in [-0.4, -0.2) is 36.1 Å². The SMILES string of the molecule is Nc1cc(N2CCN(c3ccccc3Cl)CC2)ncn1. The van der Waals surface area contributed by atoms with E-state index in [1.54, 1.807) is 0 Å². The van der Waals surface area contributed by atoms with Crippen LogP contribution in [0.2, 0.25) is 5.02 Å². The van der Waals surface area contributed by atoms with E-state index in [2.05, 4.69) is 25.8 Å². The van der Waals surface area contributed by atoms with Gasteiger partial charge in [0.25, 0.3) is 0 Å². The first kappa shape index (κ1) is 13.0. The molecule has 0 spiro atoms. The van der Waals surface area contributed by atoms with E-state index in [-0.39, 0.29) is 0 Å². The Kier molecular flexibility index (Phi) is 3.60. The number of piperazine rings is 1. The molecule has 1 aliphatic heterocycles. The first-order valence-corrected chi connectivity index (χ1v) is 6.94. The fourth-order valence-corrected chi connectivity index (χ4v) is 2.67. The third-order valence-corrected chi connectivity index (χ3v) is 3.79. The van der Waals surface area contributed by atoms with Crippen LogP contribution in [0.25, 0.3) is 0 Å². The second-order valence-electron chi connectivity index (χ2n) is 4.73. The molecule has 6 heteroatoms. The highest BCUT2D eigenvalue weighted by molar-refractivity contribution is 6.33. The molecular formula is C14H16ClN5. The molecule has 1 fully saturated rings. The Bertz CT molecular complexity index is 596. The number of halogens is 1. The average molecular weight is 290 g/mol. The monoisotopic (exact) mass is 289 g/mol. The molecule has 104 valence electrons. The maximum Gasteiger partial charge on any atom is 0.134 e. The Labute approximate surface area is 123 Å². The highest BCUT2D eigenvalue weighted by Crippen LogP contribution is 2.26. The predicted molar refractivity (Wildman–Crippen MR) is 82.3 cm³/mol. The second kappa shape index (κ2) is 5.54. The van der Waals surface area contributed by atoms with Gasteiger partial charge >= 0.3 is 0 Å². The summed E-state index contributed by atoms with van der Waals surface area (Å²) in [5.41, 5.74) is 6.79. The average Bonchev–Trinajstić information content (AvgIpc) is 2.48. The largest absolute Gasteiger partial charge is 0.384 e. The molecule has 0 unspecified atom stereocenters. The number of aromatic nitrogens is 2. The molecule has 0 aliphatic carbocycles. The van der Waals surface area contributed by atoms with Crippen LogP contribution in [0.5, 0.6) is 0 Å². The zero-order valence-corrected chi connectivity index (χ0v) is 11.8. The number of rotatable bonds is 2. The van der Waals surface area contributed by atoms with Crippen molar-refractivity contribution in [2.75, 3.05) is 41.7 Å².